The van der Waals surface area contributed by atoms with Gasteiger partial charge in [0, 0.05) is 26.8 Å². The van der Waals surface area contributed by atoms with E-state index in [4.69, 9.17) is 16.3 Å². The molecule has 0 N–H and O–H groups in total. The highest BCUT2D eigenvalue weighted by Crippen LogP contribution is 2.16. The van der Waals surface area contributed by atoms with Crippen LogP contribution in [0.2, 0.25) is 5.15 Å². The van der Waals surface area contributed by atoms with E-state index in [9.17, 15) is 4.79 Å². The van der Waals surface area contributed by atoms with Crippen LogP contribution >= 0.6 is 11.6 Å². The molecule has 1 aromatic rings. The Bertz CT molecular complexity index is 422. The topological polar surface area (TPSA) is 55.3 Å². The fourth-order valence-electron chi connectivity index (χ4n) is 2.04. The van der Waals surface area contributed by atoms with Crippen molar-refractivity contribution < 1.29 is 9.53 Å². The molecule has 0 radical (unpaired) electrons. The Hall–Kier alpha value is -1.20. The molecule has 1 amide bonds. The predicted octanol–water partition coefficient (Wildman–Crippen LogP) is 1.63. The van der Waals surface area contributed by atoms with Gasteiger partial charge in [-0.3, -0.25) is 9.78 Å². The third kappa shape index (κ3) is 3.40. The molecule has 1 fully saturated rings. The maximum absolute atomic E-state index is 12.1. The Morgan fingerprint density at radius 1 is 1.50 bits per heavy atom. The Kier molecular flexibility index (Phi) is 4.49. The number of nitrogens with zero attached hydrogens (tertiary/aromatic N) is 3. The number of aromatic nitrogens is 2. The Morgan fingerprint density at radius 2 is 2.22 bits per heavy atom. The summed E-state index contributed by atoms with van der Waals surface area (Å²) in [6.07, 6.45) is 4.85. The van der Waals surface area contributed by atoms with Crippen LogP contribution in [-0.2, 0) is 4.74 Å². The molecule has 0 aromatic carbocycles. The first-order chi connectivity index (χ1) is 8.66. The summed E-state index contributed by atoms with van der Waals surface area (Å²) in [5.74, 6) is 0.358. The average molecular weight is 270 g/mol. The Balaban J connectivity index is 1.95. The third-order valence-electron chi connectivity index (χ3n) is 3.04. The molecule has 1 aromatic heterocycles. The molecule has 5 nitrogen and oxygen atoms in total. The van der Waals surface area contributed by atoms with Crippen molar-refractivity contribution in [3.05, 3.63) is 23.2 Å². The second-order valence-electron chi connectivity index (χ2n) is 4.47. The van der Waals surface area contributed by atoms with Crippen molar-refractivity contribution in [3.63, 3.8) is 0 Å². The van der Waals surface area contributed by atoms with E-state index in [1.54, 1.807) is 11.9 Å². The summed E-state index contributed by atoms with van der Waals surface area (Å²) in [4.78, 5) is 21.6. The summed E-state index contributed by atoms with van der Waals surface area (Å²) >= 11 is 5.72. The number of amides is 1. The summed E-state index contributed by atoms with van der Waals surface area (Å²) in [5, 5.41) is 0.236. The largest absolute Gasteiger partial charge is 0.381 e. The smallest absolute Gasteiger partial charge is 0.273 e. The van der Waals surface area contributed by atoms with Crippen molar-refractivity contribution in [1.82, 2.24) is 14.9 Å². The van der Waals surface area contributed by atoms with Crippen LogP contribution in [0.1, 0.15) is 23.3 Å². The van der Waals surface area contributed by atoms with E-state index in [0.717, 1.165) is 32.6 Å². The lowest BCUT2D eigenvalue weighted by Gasteiger charge is -2.26. The minimum atomic E-state index is -0.142. The molecule has 1 aliphatic heterocycles. The number of ether oxygens (including phenoxy) is 1. The molecule has 0 bridgehead atoms. The lowest BCUT2D eigenvalue weighted by molar-refractivity contribution is 0.0495. The van der Waals surface area contributed by atoms with Crippen molar-refractivity contribution >= 4 is 17.5 Å². The molecular weight excluding hydrogens is 254 g/mol. The summed E-state index contributed by atoms with van der Waals surface area (Å²) in [6.45, 7) is 2.28. The van der Waals surface area contributed by atoms with Gasteiger partial charge in [-0.1, -0.05) is 11.6 Å². The van der Waals surface area contributed by atoms with Crippen molar-refractivity contribution in [2.24, 2.45) is 5.92 Å². The standard InChI is InChI=1S/C12H16ClN3O2/c1-16(8-9-2-4-18-5-3-9)12(17)10-6-14-7-11(13)15-10/h6-7,9H,2-5,8H2,1H3. The molecule has 0 atom stereocenters. The van der Waals surface area contributed by atoms with Crippen molar-refractivity contribution in [2.75, 3.05) is 26.8 Å². The highest BCUT2D eigenvalue weighted by molar-refractivity contribution is 6.29. The van der Waals surface area contributed by atoms with E-state index in [-0.39, 0.29) is 16.8 Å². The number of carbonyl (C=O) groups excluding carboxylic acids is 1. The van der Waals surface area contributed by atoms with E-state index in [1.807, 2.05) is 0 Å². The zero-order valence-electron chi connectivity index (χ0n) is 10.3. The average Bonchev–Trinajstić information content (AvgIpc) is 2.39. The van der Waals surface area contributed by atoms with Crippen LogP contribution < -0.4 is 0 Å². The van der Waals surface area contributed by atoms with Crippen LogP contribution in [0.15, 0.2) is 12.4 Å². The van der Waals surface area contributed by atoms with Crippen molar-refractivity contribution in [3.8, 4) is 0 Å². The zero-order chi connectivity index (χ0) is 13.0. The van der Waals surface area contributed by atoms with Gasteiger partial charge in [-0.15, -0.1) is 0 Å². The zero-order valence-corrected chi connectivity index (χ0v) is 11.1. The maximum atomic E-state index is 12.1. The molecule has 0 saturated carbocycles. The minimum Gasteiger partial charge on any atom is -0.381 e. The van der Waals surface area contributed by atoms with Crippen molar-refractivity contribution in [1.29, 1.82) is 0 Å². The van der Waals surface area contributed by atoms with Gasteiger partial charge in [-0.25, -0.2) is 4.98 Å². The molecule has 18 heavy (non-hydrogen) atoms. The molecule has 2 heterocycles. The lowest BCUT2D eigenvalue weighted by Crippen LogP contribution is -2.34. The molecule has 0 aliphatic carbocycles. The third-order valence-corrected chi connectivity index (χ3v) is 3.23. The van der Waals surface area contributed by atoms with Crippen LogP contribution in [0.3, 0.4) is 0 Å². The van der Waals surface area contributed by atoms with Gasteiger partial charge in [-0.2, -0.15) is 0 Å². The van der Waals surface area contributed by atoms with E-state index in [2.05, 4.69) is 9.97 Å². The van der Waals surface area contributed by atoms with Gasteiger partial charge in [0.2, 0.25) is 0 Å². The summed E-state index contributed by atoms with van der Waals surface area (Å²) in [5.41, 5.74) is 0.289. The molecule has 1 aliphatic rings. The van der Waals surface area contributed by atoms with Gasteiger partial charge >= 0.3 is 0 Å². The first-order valence-electron chi connectivity index (χ1n) is 5.97. The SMILES string of the molecule is CN(CC1CCOCC1)C(=O)c1cncc(Cl)n1. The van der Waals surface area contributed by atoms with Gasteiger partial charge in [0.05, 0.1) is 12.4 Å². The van der Waals surface area contributed by atoms with E-state index in [0.29, 0.717) is 5.92 Å². The van der Waals surface area contributed by atoms with Crippen LogP contribution in [0.5, 0.6) is 0 Å². The van der Waals surface area contributed by atoms with Crippen LogP contribution in [0.4, 0.5) is 0 Å². The molecule has 6 heteroatoms. The first kappa shape index (κ1) is 13.2. The van der Waals surface area contributed by atoms with Crippen molar-refractivity contribution in [2.45, 2.75) is 12.8 Å². The molecule has 2 rings (SSSR count). The summed E-state index contributed by atoms with van der Waals surface area (Å²) < 4.78 is 5.30. The lowest BCUT2D eigenvalue weighted by atomic mass is 10.00. The maximum Gasteiger partial charge on any atom is 0.273 e. The Labute approximate surface area is 111 Å². The van der Waals surface area contributed by atoms with E-state index < -0.39 is 0 Å². The molecular formula is C12H16ClN3O2. The monoisotopic (exact) mass is 269 g/mol. The van der Waals surface area contributed by atoms with E-state index in [1.165, 1.54) is 12.4 Å². The minimum absolute atomic E-state index is 0.142. The molecule has 98 valence electrons. The van der Waals surface area contributed by atoms with Gasteiger partial charge in [0.1, 0.15) is 10.8 Å². The van der Waals surface area contributed by atoms with Crippen LogP contribution in [0, 0.1) is 5.92 Å². The summed E-state index contributed by atoms with van der Waals surface area (Å²) in [6, 6.07) is 0. The highest BCUT2D eigenvalue weighted by atomic mass is 35.5. The van der Waals surface area contributed by atoms with E-state index >= 15 is 0 Å². The normalized spacial score (nSPS) is 16.6. The molecule has 0 unspecified atom stereocenters. The van der Waals surface area contributed by atoms with Gasteiger partial charge in [-0.05, 0) is 18.8 Å². The molecule has 0 spiro atoms. The predicted molar refractivity (Wildman–Crippen MR) is 67.5 cm³/mol. The first-order valence-corrected chi connectivity index (χ1v) is 6.35. The molecule has 1 saturated heterocycles. The van der Waals surface area contributed by atoms with Gasteiger partial charge in [0.15, 0.2) is 0 Å². The van der Waals surface area contributed by atoms with Crippen LogP contribution in [0.25, 0.3) is 0 Å². The number of rotatable bonds is 3. The second-order valence-corrected chi connectivity index (χ2v) is 4.86. The number of carbonyl (C=O) groups is 1. The summed E-state index contributed by atoms with van der Waals surface area (Å²) in [7, 11) is 1.78. The van der Waals surface area contributed by atoms with Gasteiger partial charge < -0.3 is 9.64 Å². The van der Waals surface area contributed by atoms with Gasteiger partial charge in [0.25, 0.3) is 5.91 Å². The Morgan fingerprint density at radius 3 is 2.89 bits per heavy atom. The number of halogens is 1. The second kappa shape index (κ2) is 6.11. The number of hydrogen-bond acceptors (Lipinski definition) is 4. The fraction of sp³-hybridized carbons (Fsp3) is 0.583. The fourth-order valence-corrected chi connectivity index (χ4v) is 2.19. The van der Waals surface area contributed by atoms with Crippen LogP contribution in [-0.4, -0.2) is 47.6 Å². The number of hydrogen-bond donors (Lipinski definition) is 0. The highest BCUT2D eigenvalue weighted by Gasteiger charge is 2.20. The quantitative estimate of drug-likeness (QED) is 0.837.